The summed E-state index contributed by atoms with van der Waals surface area (Å²) in [6.07, 6.45) is 1.09. The lowest BCUT2D eigenvalue weighted by molar-refractivity contribution is -0.138. The summed E-state index contributed by atoms with van der Waals surface area (Å²) in [4.78, 5) is 34.9. The lowest BCUT2D eigenvalue weighted by atomic mass is 10.3. The Morgan fingerprint density at radius 3 is 2.53 bits per heavy atom. The van der Waals surface area contributed by atoms with Gasteiger partial charge in [-0.1, -0.05) is 0 Å². The van der Waals surface area contributed by atoms with Gasteiger partial charge in [-0.15, -0.1) is 0 Å². The zero-order chi connectivity index (χ0) is 12.6. The number of imide groups is 1. The van der Waals surface area contributed by atoms with Crippen molar-refractivity contribution in [2.24, 2.45) is 7.05 Å². The van der Waals surface area contributed by atoms with Gasteiger partial charge in [0, 0.05) is 7.05 Å². The van der Waals surface area contributed by atoms with Crippen LogP contribution in [0, 0.1) is 0 Å². The van der Waals surface area contributed by atoms with E-state index < -0.39 is 17.8 Å². The van der Waals surface area contributed by atoms with E-state index in [1.54, 1.807) is 0 Å². The molecule has 1 aliphatic heterocycles. The van der Waals surface area contributed by atoms with E-state index in [0.29, 0.717) is 0 Å². The number of carboxylic acid groups (broad SMARTS) is 1. The summed E-state index contributed by atoms with van der Waals surface area (Å²) in [6, 6.07) is 0. The molecule has 0 spiro atoms. The number of hydrogen-bond acceptors (Lipinski definition) is 5. The second kappa shape index (κ2) is 3.98. The Morgan fingerprint density at radius 2 is 2.00 bits per heavy atom. The monoisotopic (exact) mass is 239 g/mol. The van der Waals surface area contributed by atoms with Crippen LogP contribution >= 0.6 is 0 Å². The van der Waals surface area contributed by atoms with Gasteiger partial charge < -0.3 is 9.84 Å². The standard InChI is InChI=1S/C9H9N3O5/c1-11-8(5(2-10-11)9(15)16)12-6(13)3-17-4-7(12)14/h2H,3-4H2,1H3,(H,15,16). The first-order valence-corrected chi connectivity index (χ1v) is 4.71. The zero-order valence-corrected chi connectivity index (χ0v) is 8.91. The van der Waals surface area contributed by atoms with Crippen LogP contribution in [-0.4, -0.2) is 45.9 Å². The van der Waals surface area contributed by atoms with Crippen LogP contribution in [0.15, 0.2) is 6.20 Å². The first-order chi connectivity index (χ1) is 8.02. The van der Waals surface area contributed by atoms with Gasteiger partial charge in [0.2, 0.25) is 0 Å². The number of nitrogens with zero attached hydrogens (tertiary/aromatic N) is 3. The predicted molar refractivity (Wildman–Crippen MR) is 53.5 cm³/mol. The number of aromatic carboxylic acids is 1. The van der Waals surface area contributed by atoms with Crippen molar-refractivity contribution in [3.05, 3.63) is 11.8 Å². The number of carbonyl (C=O) groups is 3. The summed E-state index contributed by atoms with van der Waals surface area (Å²) < 4.78 is 5.92. The Kier molecular flexibility index (Phi) is 2.64. The molecule has 0 aromatic carbocycles. The Bertz CT molecular complexity index is 491. The van der Waals surface area contributed by atoms with Crippen molar-refractivity contribution < 1.29 is 24.2 Å². The molecular formula is C9H9N3O5. The molecule has 0 bridgehead atoms. The largest absolute Gasteiger partial charge is 0.477 e. The number of carbonyl (C=O) groups excluding carboxylic acids is 2. The van der Waals surface area contributed by atoms with Crippen LogP contribution in [0.2, 0.25) is 0 Å². The molecule has 1 saturated heterocycles. The van der Waals surface area contributed by atoms with E-state index >= 15 is 0 Å². The van der Waals surface area contributed by atoms with Crippen LogP contribution in [0.5, 0.6) is 0 Å². The highest BCUT2D eigenvalue weighted by atomic mass is 16.5. The minimum Gasteiger partial charge on any atom is -0.477 e. The number of aryl methyl sites for hydroxylation is 1. The third kappa shape index (κ3) is 1.78. The van der Waals surface area contributed by atoms with Crippen molar-refractivity contribution in [3.63, 3.8) is 0 Å². The normalized spacial score (nSPS) is 16.4. The van der Waals surface area contributed by atoms with Crippen molar-refractivity contribution in [1.29, 1.82) is 0 Å². The Balaban J connectivity index is 2.51. The van der Waals surface area contributed by atoms with Crippen LogP contribution in [0.4, 0.5) is 5.82 Å². The molecule has 0 atom stereocenters. The molecule has 0 unspecified atom stereocenters. The number of ether oxygens (including phenoxy) is 1. The number of morpholine rings is 1. The topological polar surface area (TPSA) is 102 Å². The molecular weight excluding hydrogens is 230 g/mol. The van der Waals surface area contributed by atoms with E-state index in [1.165, 1.54) is 11.7 Å². The van der Waals surface area contributed by atoms with Crippen LogP contribution in [0.3, 0.4) is 0 Å². The van der Waals surface area contributed by atoms with E-state index in [-0.39, 0.29) is 24.6 Å². The minimum atomic E-state index is -1.25. The van der Waals surface area contributed by atoms with Gasteiger partial charge in [-0.2, -0.15) is 5.10 Å². The number of carboxylic acids is 1. The average molecular weight is 239 g/mol. The minimum absolute atomic E-state index is 0.0456. The summed E-state index contributed by atoms with van der Waals surface area (Å²) in [5.74, 6) is -2.50. The highest BCUT2D eigenvalue weighted by molar-refractivity contribution is 6.18. The highest BCUT2D eigenvalue weighted by Gasteiger charge is 2.33. The quantitative estimate of drug-likeness (QED) is 0.665. The summed E-state index contributed by atoms with van der Waals surface area (Å²) in [7, 11) is 1.46. The molecule has 8 nitrogen and oxygen atoms in total. The molecule has 0 radical (unpaired) electrons. The van der Waals surface area contributed by atoms with E-state index in [4.69, 9.17) is 9.84 Å². The van der Waals surface area contributed by atoms with Crippen molar-refractivity contribution in [2.75, 3.05) is 18.1 Å². The fourth-order valence-electron chi connectivity index (χ4n) is 1.58. The van der Waals surface area contributed by atoms with Gasteiger partial charge in [0.1, 0.15) is 18.8 Å². The maximum absolute atomic E-state index is 11.6. The lowest BCUT2D eigenvalue weighted by Gasteiger charge is -2.25. The van der Waals surface area contributed by atoms with Crippen molar-refractivity contribution in [1.82, 2.24) is 9.78 Å². The molecule has 17 heavy (non-hydrogen) atoms. The molecule has 1 fully saturated rings. The van der Waals surface area contributed by atoms with Crippen LogP contribution < -0.4 is 4.90 Å². The molecule has 2 amide bonds. The molecule has 1 aromatic rings. The zero-order valence-electron chi connectivity index (χ0n) is 8.91. The summed E-state index contributed by atoms with van der Waals surface area (Å²) in [5.41, 5.74) is -0.198. The number of aromatic nitrogens is 2. The summed E-state index contributed by atoms with van der Waals surface area (Å²) in [5, 5.41) is 12.7. The smallest absolute Gasteiger partial charge is 0.341 e. The van der Waals surface area contributed by atoms with Crippen LogP contribution in [0.25, 0.3) is 0 Å². The van der Waals surface area contributed by atoms with E-state index in [1.807, 2.05) is 0 Å². The molecule has 90 valence electrons. The molecule has 8 heteroatoms. The molecule has 2 heterocycles. The number of hydrogen-bond donors (Lipinski definition) is 1. The van der Waals surface area contributed by atoms with E-state index in [0.717, 1.165) is 11.1 Å². The SMILES string of the molecule is Cn1ncc(C(=O)O)c1N1C(=O)COCC1=O. The third-order valence-corrected chi connectivity index (χ3v) is 2.30. The number of amides is 2. The Hall–Kier alpha value is -2.22. The van der Waals surface area contributed by atoms with Gasteiger partial charge in [0.05, 0.1) is 6.20 Å². The molecule has 0 saturated carbocycles. The van der Waals surface area contributed by atoms with Crippen LogP contribution in [0.1, 0.15) is 10.4 Å². The summed E-state index contributed by atoms with van der Waals surface area (Å²) in [6.45, 7) is -0.508. The maximum Gasteiger partial charge on any atom is 0.341 e. The average Bonchev–Trinajstić information content (AvgIpc) is 2.61. The van der Waals surface area contributed by atoms with Crippen LogP contribution in [-0.2, 0) is 21.4 Å². The molecule has 2 rings (SSSR count). The third-order valence-electron chi connectivity index (χ3n) is 2.30. The number of anilines is 1. The first-order valence-electron chi connectivity index (χ1n) is 4.71. The Morgan fingerprint density at radius 1 is 1.41 bits per heavy atom. The van der Waals surface area contributed by atoms with Gasteiger partial charge in [0.15, 0.2) is 5.82 Å². The molecule has 1 N–H and O–H groups in total. The molecule has 0 aliphatic carbocycles. The fourth-order valence-corrected chi connectivity index (χ4v) is 1.58. The van der Waals surface area contributed by atoms with Gasteiger partial charge >= 0.3 is 5.97 Å². The van der Waals surface area contributed by atoms with Gasteiger partial charge in [0.25, 0.3) is 11.8 Å². The Labute approximate surface area is 95.4 Å². The molecule has 1 aliphatic rings. The van der Waals surface area contributed by atoms with Crippen molar-refractivity contribution >= 4 is 23.6 Å². The second-order valence-electron chi connectivity index (χ2n) is 3.43. The summed E-state index contributed by atoms with van der Waals surface area (Å²) >= 11 is 0. The first kappa shape index (κ1) is 11.3. The van der Waals surface area contributed by atoms with Crippen molar-refractivity contribution in [2.45, 2.75) is 0 Å². The maximum atomic E-state index is 11.6. The van der Waals surface area contributed by atoms with E-state index in [2.05, 4.69) is 5.10 Å². The van der Waals surface area contributed by atoms with Crippen molar-refractivity contribution in [3.8, 4) is 0 Å². The van der Waals surface area contributed by atoms with E-state index in [9.17, 15) is 14.4 Å². The second-order valence-corrected chi connectivity index (χ2v) is 3.43. The number of rotatable bonds is 2. The van der Waals surface area contributed by atoms with Gasteiger partial charge in [-0.3, -0.25) is 14.3 Å². The molecule has 1 aromatic heterocycles. The highest BCUT2D eigenvalue weighted by Crippen LogP contribution is 2.21. The van der Waals surface area contributed by atoms with Gasteiger partial charge in [-0.25, -0.2) is 9.69 Å². The fraction of sp³-hybridized carbons (Fsp3) is 0.333. The predicted octanol–water partition coefficient (Wildman–Crippen LogP) is -0.992. The van der Waals surface area contributed by atoms with Gasteiger partial charge in [-0.05, 0) is 0 Å². The lowest BCUT2D eigenvalue weighted by Crippen LogP contribution is -2.47.